The summed E-state index contributed by atoms with van der Waals surface area (Å²) < 4.78 is 0. The van der Waals surface area contributed by atoms with Crippen molar-refractivity contribution in [2.45, 2.75) is 39.0 Å². The maximum Gasteiger partial charge on any atom is 0.0682 e. The topological polar surface area (TPSA) is 21.3 Å². The lowest BCUT2D eigenvalue weighted by Crippen LogP contribution is -2.07. The minimum absolute atomic E-state index is 0.847. The standard InChI is InChI=1S/C8H19NO/c1-3-4-5-6-7-8-10-9-2/h9H,3-8H2,1-2H3. The van der Waals surface area contributed by atoms with E-state index in [1.807, 2.05) is 0 Å². The van der Waals surface area contributed by atoms with Gasteiger partial charge >= 0.3 is 0 Å². The van der Waals surface area contributed by atoms with Crippen LogP contribution in [0.25, 0.3) is 0 Å². The summed E-state index contributed by atoms with van der Waals surface area (Å²) in [5.74, 6) is 0. The van der Waals surface area contributed by atoms with E-state index < -0.39 is 0 Å². The van der Waals surface area contributed by atoms with Gasteiger partial charge in [-0.2, -0.15) is 0 Å². The Bertz CT molecular complexity index is 49.2. The van der Waals surface area contributed by atoms with Gasteiger partial charge in [0.05, 0.1) is 6.61 Å². The molecule has 0 fully saturated rings. The van der Waals surface area contributed by atoms with E-state index in [9.17, 15) is 0 Å². The van der Waals surface area contributed by atoms with Crippen LogP contribution in [0, 0.1) is 0 Å². The van der Waals surface area contributed by atoms with Crippen LogP contribution in [0.4, 0.5) is 0 Å². The van der Waals surface area contributed by atoms with E-state index in [1.54, 1.807) is 7.05 Å². The summed E-state index contributed by atoms with van der Waals surface area (Å²) in [6.07, 6.45) is 6.51. The predicted molar refractivity (Wildman–Crippen MR) is 43.8 cm³/mol. The number of hydroxylamine groups is 1. The molecular weight excluding hydrogens is 126 g/mol. The molecule has 0 saturated heterocycles. The molecule has 0 aromatic carbocycles. The van der Waals surface area contributed by atoms with Gasteiger partial charge < -0.3 is 4.84 Å². The summed E-state index contributed by atoms with van der Waals surface area (Å²) in [6, 6.07) is 0. The molecule has 1 N–H and O–H groups in total. The second kappa shape index (κ2) is 8.92. The number of unbranched alkanes of at least 4 members (excludes halogenated alkanes) is 4. The molecular formula is C8H19NO. The van der Waals surface area contributed by atoms with Gasteiger partial charge in [-0.05, 0) is 6.42 Å². The highest BCUT2D eigenvalue weighted by Gasteiger charge is 1.87. The first-order valence-corrected chi connectivity index (χ1v) is 4.20. The molecule has 10 heavy (non-hydrogen) atoms. The zero-order valence-corrected chi connectivity index (χ0v) is 7.15. The second-order valence-electron chi connectivity index (χ2n) is 2.47. The number of hydrogen-bond acceptors (Lipinski definition) is 2. The lowest BCUT2D eigenvalue weighted by atomic mass is 10.2. The van der Waals surface area contributed by atoms with Crippen molar-refractivity contribution in [2.24, 2.45) is 0 Å². The van der Waals surface area contributed by atoms with Gasteiger partial charge in [-0.1, -0.05) is 32.6 Å². The molecule has 0 spiro atoms. The zero-order valence-electron chi connectivity index (χ0n) is 7.15. The molecule has 62 valence electrons. The summed E-state index contributed by atoms with van der Waals surface area (Å²) in [7, 11) is 1.80. The molecule has 0 heterocycles. The maximum absolute atomic E-state index is 4.96. The Hall–Kier alpha value is -0.0800. The van der Waals surface area contributed by atoms with Crippen LogP contribution in [-0.2, 0) is 4.84 Å². The molecule has 2 heteroatoms. The highest BCUT2D eigenvalue weighted by atomic mass is 16.6. The van der Waals surface area contributed by atoms with Gasteiger partial charge in [0.15, 0.2) is 0 Å². The van der Waals surface area contributed by atoms with E-state index >= 15 is 0 Å². The Morgan fingerprint density at radius 2 is 1.80 bits per heavy atom. The van der Waals surface area contributed by atoms with Crippen LogP contribution in [0.5, 0.6) is 0 Å². The van der Waals surface area contributed by atoms with Crippen LogP contribution >= 0.6 is 0 Å². The fourth-order valence-corrected chi connectivity index (χ4v) is 0.880. The first kappa shape index (κ1) is 9.92. The lowest BCUT2D eigenvalue weighted by Gasteiger charge is -1.99. The van der Waals surface area contributed by atoms with Gasteiger partial charge in [0.25, 0.3) is 0 Å². The van der Waals surface area contributed by atoms with Crippen LogP contribution in [0.2, 0.25) is 0 Å². The fourth-order valence-electron chi connectivity index (χ4n) is 0.880. The van der Waals surface area contributed by atoms with E-state index in [0.717, 1.165) is 6.61 Å². The third-order valence-electron chi connectivity index (χ3n) is 1.49. The van der Waals surface area contributed by atoms with E-state index in [0.29, 0.717) is 0 Å². The maximum atomic E-state index is 4.96. The van der Waals surface area contributed by atoms with Crippen molar-refractivity contribution in [3.05, 3.63) is 0 Å². The van der Waals surface area contributed by atoms with Crippen molar-refractivity contribution < 1.29 is 4.84 Å². The third kappa shape index (κ3) is 7.92. The van der Waals surface area contributed by atoms with Crippen LogP contribution in [0.3, 0.4) is 0 Å². The number of rotatable bonds is 7. The summed E-state index contributed by atoms with van der Waals surface area (Å²) in [5.41, 5.74) is 2.66. The molecule has 0 aromatic rings. The molecule has 0 aliphatic rings. The Morgan fingerprint density at radius 3 is 2.40 bits per heavy atom. The molecule has 0 bridgehead atoms. The predicted octanol–water partition coefficient (Wildman–Crippen LogP) is 2.11. The molecule has 0 aromatic heterocycles. The van der Waals surface area contributed by atoms with Crippen molar-refractivity contribution in [3.8, 4) is 0 Å². The van der Waals surface area contributed by atoms with Crippen molar-refractivity contribution in [1.29, 1.82) is 0 Å². The summed E-state index contributed by atoms with van der Waals surface area (Å²) in [6.45, 7) is 3.07. The number of hydrogen-bond donors (Lipinski definition) is 1. The first-order chi connectivity index (χ1) is 4.91. The molecule has 0 aliphatic carbocycles. The molecule has 0 atom stereocenters. The SMILES string of the molecule is CCCCCCCONC. The summed E-state index contributed by atoms with van der Waals surface area (Å²) >= 11 is 0. The molecule has 2 nitrogen and oxygen atoms in total. The quantitative estimate of drug-likeness (QED) is 0.437. The van der Waals surface area contributed by atoms with Crippen LogP contribution < -0.4 is 5.48 Å². The summed E-state index contributed by atoms with van der Waals surface area (Å²) in [5, 5.41) is 0. The molecule has 0 radical (unpaired) electrons. The molecule has 0 saturated carbocycles. The van der Waals surface area contributed by atoms with Gasteiger partial charge in [-0.3, -0.25) is 0 Å². The average molecular weight is 145 g/mol. The smallest absolute Gasteiger partial charge is 0.0682 e. The molecule has 0 unspecified atom stereocenters. The normalized spacial score (nSPS) is 10.2. The summed E-state index contributed by atoms with van der Waals surface area (Å²) in [4.78, 5) is 4.96. The van der Waals surface area contributed by atoms with Crippen molar-refractivity contribution in [1.82, 2.24) is 5.48 Å². The van der Waals surface area contributed by atoms with Crippen molar-refractivity contribution in [3.63, 3.8) is 0 Å². The zero-order chi connectivity index (χ0) is 7.66. The van der Waals surface area contributed by atoms with Gasteiger partial charge in [-0.15, -0.1) is 0 Å². The first-order valence-electron chi connectivity index (χ1n) is 4.20. The Morgan fingerprint density at radius 1 is 1.10 bits per heavy atom. The molecule has 0 rings (SSSR count). The van der Waals surface area contributed by atoms with Gasteiger partial charge in [-0.25, -0.2) is 5.48 Å². The average Bonchev–Trinajstić information content (AvgIpc) is 1.97. The van der Waals surface area contributed by atoms with E-state index in [4.69, 9.17) is 4.84 Å². The number of nitrogens with one attached hydrogen (secondary N) is 1. The highest BCUT2D eigenvalue weighted by Crippen LogP contribution is 2.01. The Kier molecular flexibility index (Phi) is 8.85. The van der Waals surface area contributed by atoms with Gasteiger partial charge in [0.1, 0.15) is 0 Å². The van der Waals surface area contributed by atoms with Crippen LogP contribution in [0.1, 0.15) is 39.0 Å². The monoisotopic (exact) mass is 145 g/mol. The lowest BCUT2D eigenvalue weighted by molar-refractivity contribution is 0.0550. The van der Waals surface area contributed by atoms with Gasteiger partial charge in [0.2, 0.25) is 0 Å². The second-order valence-corrected chi connectivity index (χ2v) is 2.47. The van der Waals surface area contributed by atoms with Crippen molar-refractivity contribution >= 4 is 0 Å². The highest BCUT2D eigenvalue weighted by molar-refractivity contribution is 4.40. The molecule has 0 aliphatic heterocycles. The largest absolute Gasteiger partial charge is 0.302 e. The Labute approximate surface area is 63.9 Å². The van der Waals surface area contributed by atoms with E-state index in [-0.39, 0.29) is 0 Å². The fraction of sp³-hybridized carbons (Fsp3) is 1.00. The third-order valence-corrected chi connectivity index (χ3v) is 1.49. The van der Waals surface area contributed by atoms with E-state index in [2.05, 4.69) is 12.4 Å². The van der Waals surface area contributed by atoms with E-state index in [1.165, 1.54) is 32.1 Å². The Balaban J connectivity index is 2.65. The van der Waals surface area contributed by atoms with Crippen LogP contribution in [-0.4, -0.2) is 13.7 Å². The minimum atomic E-state index is 0.847. The molecule has 0 amide bonds. The van der Waals surface area contributed by atoms with Gasteiger partial charge in [0, 0.05) is 7.05 Å². The van der Waals surface area contributed by atoms with Crippen LogP contribution in [0.15, 0.2) is 0 Å². The van der Waals surface area contributed by atoms with Crippen molar-refractivity contribution in [2.75, 3.05) is 13.7 Å². The minimum Gasteiger partial charge on any atom is -0.302 e.